The first kappa shape index (κ1) is 22.9. The van der Waals surface area contributed by atoms with E-state index in [9.17, 15) is 4.79 Å². The lowest BCUT2D eigenvalue weighted by Gasteiger charge is -2.37. The van der Waals surface area contributed by atoms with Crippen molar-refractivity contribution in [2.45, 2.75) is 52.6 Å². The summed E-state index contributed by atoms with van der Waals surface area (Å²) in [4.78, 5) is 17.3. The van der Waals surface area contributed by atoms with Gasteiger partial charge in [0.25, 0.3) is 0 Å². The molecule has 0 unspecified atom stereocenters. The molecular weight excluding hydrogens is 378 g/mol. The molecule has 6 heteroatoms. The van der Waals surface area contributed by atoms with Crippen LogP contribution in [0.4, 0.5) is 0 Å². The van der Waals surface area contributed by atoms with Crippen LogP contribution in [0, 0.1) is 18.8 Å². The van der Waals surface area contributed by atoms with Gasteiger partial charge < -0.3 is 14.8 Å². The first-order valence-electron chi connectivity index (χ1n) is 11.4. The fourth-order valence-corrected chi connectivity index (χ4v) is 4.78. The van der Waals surface area contributed by atoms with Gasteiger partial charge in [-0.05, 0) is 48.4 Å². The van der Waals surface area contributed by atoms with Crippen molar-refractivity contribution in [1.29, 1.82) is 0 Å². The van der Waals surface area contributed by atoms with Crippen LogP contribution >= 0.6 is 0 Å². The molecule has 168 valence electrons. The Balaban J connectivity index is 1.46. The number of carbonyl (C=O) groups is 1. The normalized spacial score (nSPS) is 25.7. The summed E-state index contributed by atoms with van der Waals surface area (Å²) in [6.07, 6.45) is 3.63. The van der Waals surface area contributed by atoms with E-state index in [1.54, 1.807) is 14.2 Å². The highest BCUT2D eigenvalue weighted by molar-refractivity contribution is 5.78. The zero-order valence-corrected chi connectivity index (χ0v) is 19.4. The first-order valence-corrected chi connectivity index (χ1v) is 11.4. The van der Waals surface area contributed by atoms with Gasteiger partial charge in [-0.25, -0.2) is 0 Å². The summed E-state index contributed by atoms with van der Waals surface area (Å²) in [6, 6.07) is 4.47. The molecule has 6 nitrogen and oxygen atoms in total. The third-order valence-corrected chi connectivity index (χ3v) is 7.12. The second kappa shape index (κ2) is 10.5. The molecular formula is C24H39N3O3. The average molecular weight is 418 g/mol. The third kappa shape index (κ3) is 5.67. The number of aryl methyl sites for hydroxylation is 1. The number of nitrogens with zero attached hydrogens (tertiary/aromatic N) is 2. The zero-order valence-electron chi connectivity index (χ0n) is 19.4. The predicted octanol–water partition coefficient (Wildman–Crippen LogP) is 3.07. The molecule has 1 N–H and O–H groups in total. The molecule has 1 aromatic rings. The number of ether oxygens (including phenoxy) is 2. The van der Waals surface area contributed by atoms with Gasteiger partial charge in [-0.1, -0.05) is 26.7 Å². The number of piperazine rings is 1. The van der Waals surface area contributed by atoms with E-state index in [-0.39, 0.29) is 5.91 Å². The number of benzene rings is 1. The third-order valence-electron chi connectivity index (χ3n) is 7.12. The van der Waals surface area contributed by atoms with E-state index >= 15 is 0 Å². The van der Waals surface area contributed by atoms with Crippen molar-refractivity contribution >= 4 is 5.91 Å². The lowest BCUT2D eigenvalue weighted by atomic mass is 9.78. The number of amides is 1. The van der Waals surface area contributed by atoms with E-state index in [1.165, 1.54) is 24.0 Å². The predicted molar refractivity (Wildman–Crippen MR) is 120 cm³/mol. The Morgan fingerprint density at radius 3 is 2.33 bits per heavy atom. The standard InChI is InChI=1S/C24H39N3O3/c1-17-7-6-8-21(19(17)3)25-24(28)16-27-11-9-26(10-12-27)15-20-14-23(30-5)22(29-4)13-18(20)2/h13-14,17,19,21H,6-12,15-16H2,1-5H3,(H,25,28)/t17-,19+,21-/m1/s1. The Labute approximate surface area is 181 Å². The molecule has 1 heterocycles. The number of nitrogens with one attached hydrogen (secondary N) is 1. The molecule has 3 rings (SSSR count). The van der Waals surface area contributed by atoms with Gasteiger partial charge in [-0.3, -0.25) is 14.6 Å². The van der Waals surface area contributed by atoms with E-state index in [2.05, 4.69) is 42.0 Å². The van der Waals surface area contributed by atoms with Gasteiger partial charge >= 0.3 is 0 Å². The highest BCUT2D eigenvalue weighted by Gasteiger charge is 2.29. The van der Waals surface area contributed by atoms with E-state index < -0.39 is 0 Å². The molecule has 30 heavy (non-hydrogen) atoms. The van der Waals surface area contributed by atoms with Crippen molar-refractivity contribution < 1.29 is 14.3 Å². The topological polar surface area (TPSA) is 54.0 Å². The molecule has 3 atom stereocenters. The minimum atomic E-state index is 0.185. The molecule has 1 aliphatic carbocycles. The second-order valence-electron chi connectivity index (χ2n) is 9.13. The molecule has 0 radical (unpaired) electrons. The Hall–Kier alpha value is -1.79. The van der Waals surface area contributed by atoms with Crippen molar-refractivity contribution in [3.05, 3.63) is 23.3 Å². The van der Waals surface area contributed by atoms with Gasteiger partial charge in [0.15, 0.2) is 11.5 Å². The van der Waals surface area contributed by atoms with Crippen LogP contribution in [0.3, 0.4) is 0 Å². The van der Waals surface area contributed by atoms with Gasteiger partial charge in [0, 0.05) is 38.8 Å². The van der Waals surface area contributed by atoms with Crippen molar-refractivity contribution in [3.63, 3.8) is 0 Å². The van der Waals surface area contributed by atoms with Crippen LogP contribution in [0.2, 0.25) is 0 Å². The van der Waals surface area contributed by atoms with Crippen LogP contribution in [-0.4, -0.2) is 68.7 Å². The number of hydrogen-bond acceptors (Lipinski definition) is 5. The van der Waals surface area contributed by atoms with Crippen LogP contribution in [0.5, 0.6) is 11.5 Å². The Morgan fingerprint density at radius 2 is 1.67 bits per heavy atom. The Kier molecular flexibility index (Phi) is 8.00. The summed E-state index contributed by atoms with van der Waals surface area (Å²) in [7, 11) is 3.34. The van der Waals surface area contributed by atoms with Gasteiger partial charge in [0.05, 0.1) is 20.8 Å². The molecule has 2 fully saturated rings. The van der Waals surface area contributed by atoms with Crippen molar-refractivity contribution in [2.75, 3.05) is 46.9 Å². The van der Waals surface area contributed by atoms with Crippen LogP contribution in [-0.2, 0) is 11.3 Å². The summed E-state index contributed by atoms with van der Waals surface area (Å²) in [5.41, 5.74) is 2.48. The molecule has 1 saturated carbocycles. The highest BCUT2D eigenvalue weighted by atomic mass is 16.5. The van der Waals surface area contributed by atoms with Crippen LogP contribution in [0.1, 0.15) is 44.2 Å². The van der Waals surface area contributed by atoms with E-state index in [0.717, 1.165) is 50.6 Å². The number of hydrogen-bond donors (Lipinski definition) is 1. The van der Waals surface area contributed by atoms with Gasteiger partial charge in [-0.15, -0.1) is 0 Å². The van der Waals surface area contributed by atoms with E-state index in [0.29, 0.717) is 24.4 Å². The lowest BCUT2D eigenvalue weighted by Crippen LogP contribution is -2.51. The second-order valence-corrected chi connectivity index (χ2v) is 9.13. The van der Waals surface area contributed by atoms with Gasteiger partial charge in [-0.2, -0.15) is 0 Å². The van der Waals surface area contributed by atoms with Crippen LogP contribution in [0.15, 0.2) is 12.1 Å². The van der Waals surface area contributed by atoms with Crippen molar-refractivity contribution in [3.8, 4) is 11.5 Å². The fraction of sp³-hybridized carbons (Fsp3) is 0.708. The largest absolute Gasteiger partial charge is 0.493 e. The molecule has 1 aliphatic heterocycles. The van der Waals surface area contributed by atoms with E-state index in [4.69, 9.17) is 9.47 Å². The molecule has 2 aliphatic rings. The monoisotopic (exact) mass is 417 g/mol. The van der Waals surface area contributed by atoms with Crippen LogP contribution < -0.4 is 14.8 Å². The number of rotatable bonds is 7. The molecule has 0 spiro atoms. The minimum Gasteiger partial charge on any atom is -0.493 e. The minimum absolute atomic E-state index is 0.185. The fourth-order valence-electron chi connectivity index (χ4n) is 4.78. The summed E-state index contributed by atoms with van der Waals surface area (Å²) >= 11 is 0. The molecule has 1 amide bonds. The lowest BCUT2D eigenvalue weighted by molar-refractivity contribution is -0.124. The van der Waals surface area contributed by atoms with Gasteiger partial charge in [0.2, 0.25) is 5.91 Å². The maximum Gasteiger partial charge on any atom is 0.234 e. The Bertz CT molecular complexity index is 716. The first-order chi connectivity index (χ1) is 14.4. The van der Waals surface area contributed by atoms with Crippen LogP contribution in [0.25, 0.3) is 0 Å². The molecule has 0 aromatic heterocycles. The summed E-state index contributed by atoms with van der Waals surface area (Å²) in [5, 5.41) is 3.31. The summed E-state index contributed by atoms with van der Waals surface area (Å²) in [5.74, 6) is 3.01. The smallest absolute Gasteiger partial charge is 0.234 e. The molecule has 0 bridgehead atoms. The van der Waals surface area contributed by atoms with Crippen molar-refractivity contribution in [2.24, 2.45) is 11.8 Å². The molecule has 1 aromatic carbocycles. The van der Waals surface area contributed by atoms with E-state index in [1.807, 2.05) is 6.07 Å². The quantitative estimate of drug-likeness (QED) is 0.739. The summed E-state index contributed by atoms with van der Waals surface area (Å²) < 4.78 is 10.9. The number of methoxy groups -OCH3 is 2. The van der Waals surface area contributed by atoms with Crippen molar-refractivity contribution in [1.82, 2.24) is 15.1 Å². The maximum atomic E-state index is 12.6. The zero-order chi connectivity index (χ0) is 21.7. The maximum absolute atomic E-state index is 12.6. The Morgan fingerprint density at radius 1 is 1.03 bits per heavy atom. The highest BCUT2D eigenvalue weighted by Crippen LogP contribution is 2.31. The van der Waals surface area contributed by atoms with Gasteiger partial charge in [0.1, 0.15) is 0 Å². The molecule has 1 saturated heterocycles. The SMILES string of the molecule is COc1cc(C)c(CN2CCN(CC(=O)N[C@@H]3CCC[C@@H](C)[C@@H]3C)CC2)cc1OC. The number of carbonyl (C=O) groups excluding carboxylic acids is 1. The average Bonchev–Trinajstić information content (AvgIpc) is 2.74. The summed E-state index contributed by atoms with van der Waals surface area (Å²) in [6.45, 7) is 11.9.